The summed E-state index contributed by atoms with van der Waals surface area (Å²) in [6, 6.07) is 0. The van der Waals surface area contributed by atoms with Crippen LogP contribution in [0.1, 0.15) is 25.7 Å². The molecule has 0 bridgehead atoms. The van der Waals surface area contributed by atoms with E-state index in [0.717, 1.165) is 0 Å². The van der Waals surface area contributed by atoms with Crippen LogP contribution < -0.4 is 10.2 Å². The highest BCUT2D eigenvalue weighted by molar-refractivity contribution is 5.95. The fraction of sp³-hybridized carbons (Fsp3) is 0.615. The number of carbonyl (C=O) groups excluding carboxylic acids is 1. The number of aromatic nitrogens is 2. The van der Waals surface area contributed by atoms with Gasteiger partial charge in [0.15, 0.2) is 5.82 Å². The molecule has 1 aromatic heterocycles. The maximum absolute atomic E-state index is 13.3. The Balaban J connectivity index is 2.08. The highest BCUT2D eigenvalue weighted by Crippen LogP contribution is 2.37. The second kappa shape index (κ2) is 5.68. The van der Waals surface area contributed by atoms with Crippen LogP contribution in [-0.4, -0.2) is 35.9 Å². The molecule has 2 rings (SSSR count). The molecule has 20 heavy (non-hydrogen) atoms. The topological polar surface area (TPSA) is 58.1 Å². The summed E-state index contributed by atoms with van der Waals surface area (Å²) in [5.74, 6) is -3.23. The van der Waals surface area contributed by atoms with E-state index in [-0.39, 0.29) is 18.7 Å². The molecule has 1 atom stereocenters. The zero-order valence-corrected chi connectivity index (χ0v) is 11.6. The molecular weight excluding hydrogens is 266 g/mol. The number of alkyl halides is 2. The van der Waals surface area contributed by atoms with Crippen LogP contribution >= 0.6 is 0 Å². The van der Waals surface area contributed by atoms with E-state index in [1.165, 1.54) is 12.5 Å². The normalized spacial score (nSPS) is 21.3. The van der Waals surface area contributed by atoms with Crippen molar-refractivity contribution in [3.8, 4) is 0 Å². The van der Waals surface area contributed by atoms with Gasteiger partial charge in [0.25, 0.3) is 0 Å². The van der Waals surface area contributed by atoms with Crippen molar-refractivity contribution in [2.24, 2.45) is 5.92 Å². The Kier molecular flexibility index (Phi) is 4.15. The van der Waals surface area contributed by atoms with Crippen LogP contribution in [0.15, 0.2) is 12.5 Å². The predicted molar refractivity (Wildman–Crippen MR) is 71.9 cm³/mol. The Hall–Kier alpha value is -1.79. The van der Waals surface area contributed by atoms with Gasteiger partial charge in [0, 0.05) is 32.9 Å². The first-order valence-electron chi connectivity index (χ1n) is 6.55. The summed E-state index contributed by atoms with van der Waals surface area (Å²) >= 11 is 0. The number of nitrogens with one attached hydrogen (secondary N) is 1. The van der Waals surface area contributed by atoms with E-state index in [2.05, 4.69) is 15.3 Å². The lowest BCUT2D eigenvalue weighted by Gasteiger charge is -2.28. The Morgan fingerprint density at radius 2 is 2.25 bits per heavy atom. The highest BCUT2D eigenvalue weighted by Gasteiger charge is 2.39. The Labute approximate surface area is 116 Å². The van der Waals surface area contributed by atoms with Crippen molar-refractivity contribution in [1.82, 2.24) is 9.97 Å². The molecule has 1 aliphatic carbocycles. The van der Waals surface area contributed by atoms with Gasteiger partial charge in [-0.25, -0.2) is 18.7 Å². The molecule has 7 heteroatoms. The maximum atomic E-state index is 13.3. The first-order chi connectivity index (χ1) is 9.39. The molecule has 1 saturated carbocycles. The summed E-state index contributed by atoms with van der Waals surface area (Å²) in [5, 5.41) is 2.66. The fourth-order valence-electron chi connectivity index (χ4n) is 2.40. The molecule has 0 aliphatic heterocycles. The summed E-state index contributed by atoms with van der Waals surface area (Å²) in [6.07, 6.45) is 3.20. The van der Waals surface area contributed by atoms with Crippen LogP contribution in [0.3, 0.4) is 0 Å². The molecule has 5 nitrogen and oxygen atoms in total. The number of rotatable bonds is 3. The van der Waals surface area contributed by atoms with Gasteiger partial charge in [-0.3, -0.25) is 4.79 Å². The van der Waals surface area contributed by atoms with Gasteiger partial charge in [0.05, 0.1) is 6.20 Å². The number of hydrogen-bond acceptors (Lipinski definition) is 4. The summed E-state index contributed by atoms with van der Waals surface area (Å²) in [7, 11) is 3.57. The van der Waals surface area contributed by atoms with E-state index in [0.29, 0.717) is 24.3 Å². The van der Waals surface area contributed by atoms with E-state index in [1.54, 1.807) is 19.0 Å². The van der Waals surface area contributed by atoms with Crippen molar-refractivity contribution in [1.29, 1.82) is 0 Å². The van der Waals surface area contributed by atoms with Gasteiger partial charge in [-0.05, 0) is 12.8 Å². The van der Waals surface area contributed by atoms with Crippen LogP contribution in [0.5, 0.6) is 0 Å². The van der Waals surface area contributed by atoms with Gasteiger partial charge >= 0.3 is 0 Å². The second-order valence-electron chi connectivity index (χ2n) is 5.29. The standard InChI is InChI=1S/C13H18F2N4O/c1-19(2)11-10(7-16-8-17-11)18-12(20)9-4-3-5-13(14,15)6-9/h7-9H,3-6H2,1-2H3,(H,18,20). The van der Waals surface area contributed by atoms with Crippen molar-refractivity contribution >= 4 is 17.4 Å². The molecule has 0 radical (unpaired) electrons. The molecule has 1 aromatic rings. The zero-order chi connectivity index (χ0) is 14.8. The molecule has 0 saturated heterocycles. The van der Waals surface area contributed by atoms with E-state index in [9.17, 15) is 13.6 Å². The molecule has 1 unspecified atom stereocenters. The third kappa shape index (κ3) is 3.40. The Bertz CT molecular complexity index is 493. The van der Waals surface area contributed by atoms with Gasteiger partial charge in [0.1, 0.15) is 12.0 Å². The lowest BCUT2D eigenvalue weighted by Crippen LogP contribution is -2.34. The van der Waals surface area contributed by atoms with E-state index in [4.69, 9.17) is 0 Å². The smallest absolute Gasteiger partial charge is 0.248 e. The molecule has 1 aliphatic rings. The predicted octanol–water partition coefficient (Wildman–Crippen LogP) is 2.31. The number of halogens is 2. The minimum absolute atomic E-state index is 0.131. The third-order valence-electron chi connectivity index (χ3n) is 3.38. The molecule has 1 amide bonds. The van der Waals surface area contributed by atoms with Crippen LogP contribution in [0.2, 0.25) is 0 Å². The third-order valence-corrected chi connectivity index (χ3v) is 3.38. The number of carbonyl (C=O) groups is 1. The molecule has 0 spiro atoms. The second-order valence-corrected chi connectivity index (χ2v) is 5.29. The SMILES string of the molecule is CN(C)c1ncncc1NC(=O)C1CCCC(F)(F)C1. The van der Waals surface area contributed by atoms with Crippen LogP contribution in [0.25, 0.3) is 0 Å². The van der Waals surface area contributed by atoms with Crippen molar-refractivity contribution in [2.45, 2.75) is 31.6 Å². The minimum Gasteiger partial charge on any atom is -0.361 e. The summed E-state index contributed by atoms with van der Waals surface area (Å²) in [4.78, 5) is 21.8. The molecule has 1 fully saturated rings. The number of nitrogens with zero attached hydrogens (tertiary/aromatic N) is 3. The summed E-state index contributed by atoms with van der Waals surface area (Å²) in [5.41, 5.74) is 0.441. The van der Waals surface area contributed by atoms with E-state index in [1.807, 2.05) is 0 Å². The minimum atomic E-state index is -2.74. The molecule has 0 aromatic carbocycles. The van der Waals surface area contributed by atoms with Gasteiger partial charge in [-0.15, -0.1) is 0 Å². The van der Waals surface area contributed by atoms with Gasteiger partial charge < -0.3 is 10.2 Å². The van der Waals surface area contributed by atoms with Gasteiger partial charge in [-0.1, -0.05) is 0 Å². The molecule has 1 heterocycles. The number of anilines is 2. The van der Waals surface area contributed by atoms with Crippen molar-refractivity contribution < 1.29 is 13.6 Å². The van der Waals surface area contributed by atoms with E-state index >= 15 is 0 Å². The summed E-state index contributed by atoms with van der Waals surface area (Å²) in [6.45, 7) is 0. The van der Waals surface area contributed by atoms with Crippen molar-refractivity contribution in [3.05, 3.63) is 12.5 Å². The zero-order valence-electron chi connectivity index (χ0n) is 11.6. The van der Waals surface area contributed by atoms with Crippen LogP contribution in [-0.2, 0) is 4.79 Å². The van der Waals surface area contributed by atoms with Crippen molar-refractivity contribution in [3.63, 3.8) is 0 Å². The largest absolute Gasteiger partial charge is 0.361 e. The Morgan fingerprint density at radius 3 is 2.90 bits per heavy atom. The van der Waals surface area contributed by atoms with Gasteiger partial charge in [-0.2, -0.15) is 0 Å². The monoisotopic (exact) mass is 284 g/mol. The van der Waals surface area contributed by atoms with Crippen LogP contribution in [0, 0.1) is 5.92 Å². The highest BCUT2D eigenvalue weighted by atomic mass is 19.3. The average molecular weight is 284 g/mol. The first kappa shape index (κ1) is 14.6. The van der Waals surface area contributed by atoms with Gasteiger partial charge in [0.2, 0.25) is 11.8 Å². The lowest BCUT2D eigenvalue weighted by molar-refractivity contribution is -0.127. The Morgan fingerprint density at radius 1 is 1.50 bits per heavy atom. The van der Waals surface area contributed by atoms with E-state index < -0.39 is 11.8 Å². The first-order valence-corrected chi connectivity index (χ1v) is 6.55. The number of amides is 1. The maximum Gasteiger partial charge on any atom is 0.248 e. The van der Waals surface area contributed by atoms with Crippen LogP contribution in [0.4, 0.5) is 20.3 Å². The number of hydrogen-bond donors (Lipinski definition) is 1. The lowest BCUT2D eigenvalue weighted by atomic mass is 9.86. The molecule has 110 valence electrons. The fourth-order valence-corrected chi connectivity index (χ4v) is 2.40. The quantitative estimate of drug-likeness (QED) is 0.925. The molecular formula is C13H18F2N4O. The molecule has 1 N–H and O–H groups in total. The summed E-state index contributed by atoms with van der Waals surface area (Å²) < 4.78 is 26.7. The van der Waals surface area contributed by atoms with Crippen molar-refractivity contribution in [2.75, 3.05) is 24.3 Å². The average Bonchev–Trinajstić information content (AvgIpc) is 2.38.